The van der Waals surface area contributed by atoms with E-state index in [4.69, 9.17) is 15.2 Å². The fourth-order valence-corrected chi connectivity index (χ4v) is 1.55. The molecule has 1 aliphatic rings. The zero-order valence-electron chi connectivity index (χ0n) is 7.83. The second-order valence-electron chi connectivity index (χ2n) is 3.35. The van der Waals surface area contributed by atoms with Gasteiger partial charge < -0.3 is 15.2 Å². The number of hydrogen-bond acceptors (Lipinski definition) is 3. The summed E-state index contributed by atoms with van der Waals surface area (Å²) in [5.74, 6) is 1.62. The minimum absolute atomic E-state index is 0.0366. The van der Waals surface area contributed by atoms with E-state index in [1.165, 1.54) is 0 Å². The Labute approximate surface area is 77.5 Å². The van der Waals surface area contributed by atoms with Crippen molar-refractivity contribution in [1.82, 2.24) is 0 Å². The molecule has 0 fully saturated rings. The van der Waals surface area contributed by atoms with E-state index in [1.807, 2.05) is 26.0 Å². The van der Waals surface area contributed by atoms with Crippen molar-refractivity contribution in [2.24, 2.45) is 5.73 Å². The number of fused-ring (bicyclic) bond motifs is 1. The SMILES string of the molecule is Cc1cc2c(cc1C(C)N)OCO2. The summed E-state index contributed by atoms with van der Waals surface area (Å²) < 4.78 is 10.5. The highest BCUT2D eigenvalue weighted by atomic mass is 16.7. The molecule has 2 rings (SSSR count). The molecule has 3 nitrogen and oxygen atoms in total. The number of benzene rings is 1. The Kier molecular flexibility index (Phi) is 1.88. The second-order valence-corrected chi connectivity index (χ2v) is 3.35. The molecule has 1 heterocycles. The average molecular weight is 179 g/mol. The molecule has 1 aliphatic heterocycles. The first-order chi connectivity index (χ1) is 6.18. The molecule has 1 aromatic carbocycles. The molecule has 0 amide bonds. The lowest BCUT2D eigenvalue weighted by Gasteiger charge is -2.10. The van der Waals surface area contributed by atoms with Gasteiger partial charge in [0.25, 0.3) is 0 Å². The molecule has 0 saturated carbocycles. The van der Waals surface area contributed by atoms with Gasteiger partial charge >= 0.3 is 0 Å². The highest BCUT2D eigenvalue weighted by Gasteiger charge is 2.16. The van der Waals surface area contributed by atoms with E-state index in [0.29, 0.717) is 6.79 Å². The lowest BCUT2D eigenvalue weighted by atomic mass is 10.0. The maximum Gasteiger partial charge on any atom is 0.231 e. The van der Waals surface area contributed by atoms with Crippen LogP contribution < -0.4 is 15.2 Å². The molecule has 0 bridgehead atoms. The molecule has 0 aliphatic carbocycles. The molecule has 0 spiro atoms. The number of aryl methyl sites for hydroxylation is 1. The van der Waals surface area contributed by atoms with Crippen LogP contribution >= 0.6 is 0 Å². The van der Waals surface area contributed by atoms with Crippen molar-refractivity contribution in [3.63, 3.8) is 0 Å². The van der Waals surface area contributed by atoms with Crippen LogP contribution in [0.3, 0.4) is 0 Å². The summed E-state index contributed by atoms with van der Waals surface area (Å²) in [4.78, 5) is 0. The normalized spacial score (nSPS) is 15.9. The first-order valence-electron chi connectivity index (χ1n) is 4.34. The van der Waals surface area contributed by atoms with Crippen LogP contribution in [0.25, 0.3) is 0 Å². The van der Waals surface area contributed by atoms with Crippen molar-refractivity contribution in [2.75, 3.05) is 6.79 Å². The lowest BCUT2D eigenvalue weighted by molar-refractivity contribution is 0.174. The number of ether oxygens (including phenoxy) is 2. The fourth-order valence-electron chi connectivity index (χ4n) is 1.55. The summed E-state index contributed by atoms with van der Waals surface area (Å²) >= 11 is 0. The predicted octanol–water partition coefficient (Wildman–Crippen LogP) is 1.74. The fraction of sp³-hybridized carbons (Fsp3) is 0.400. The van der Waals surface area contributed by atoms with E-state index in [-0.39, 0.29) is 6.04 Å². The first-order valence-corrected chi connectivity index (χ1v) is 4.34. The molecule has 70 valence electrons. The van der Waals surface area contributed by atoms with Gasteiger partial charge in [-0.3, -0.25) is 0 Å². The molecule has 1 unspecified atom stereocenters. The summed E-state index contributed by atoms with van der Waals surface area (Å²) in [6.07, 6.45) is 0. The minimum atomic E-state index is 0.0366. The Bertz CT molecular complexity index is 334. The summed E-state index contributed by atoms with van der Waals surface area (Å²) in [6.45, 7) is 4.31. The van der Waals surface area contributed by atoms with Gasteiger partial charge in [-0.25, -0.2) is 0 Å². The first kappa shape index (κ1) is 8.38. The van der Waals surface area contributed by atoms with Crippen molar-refractivity contribution in [1.29, 1.82) is 0 Å². The number of hydrogen-bond donors (Lipinski definition) is 1. The maximum absolute atomic E-state index is 5.81. The average Bonchev–Trinajstić information content (AvgIpc) is 2.48. The van der Waals surface area contributed by atoms with Crippen LogP contribution in [0.5, 0.6) is 11.5 Å². The molecule has 3 heteroatoms. The largest absolute Gasteiger partial charge is 0.454 e. The minimum Gasteiger partial charge on any atom is -0.454 e. The van der Waals surface area contributed by atoms with E-state index in [9.17, 15) is 0 Å². The van der Waals surface area contributed by atoms with Gasteiger partial charge in [0, 0.05) is 6.04 Å². The van der Waals surface area contributed by atoms with E-state index in [0.717, 1.165) is 22.6 Å². The zero-order chi connectivity index (χ0) is 9.42. The molecule has 1 atom stereocenters. The summed E-state index contributed by atoms with van der Waals surface area (Å²) in [7, 11) is 0. The molecule has 1 aromatic rings. The van der Waals surface area contributed by atoms with Gasteiger partial charge in [0.2, 0.25) is 6.79 Å². The van der Waals surface area contributed by atoms with Gasteiger partial charge in [-0.1, -0.05) is 0 Å². The highest BCUT2D eigenvalue weighted by Crippen LogP contribution is 2.35. The van der Waals surface area contributed by atoms with Gasteiger partial charge in [0.1, 0.15) is 0 Å². The van der Waals surface area contributed by atoms with Gasteiger partial charge in [0.05, 0.1) is 0 Å². The Morgan fingerprint density at radius 3 is 2.54 bits per heavy atom. The third kappa shape index (κ3) is 1.35. The Morgan fingerprint density at radius 1 is 1.31 bits per heavy atom. The summed E-state index contributed by atoms with van der Waals surface area (Å²) in [5.41, 5.74) is 8.08. The van der Waals surface area contributed by atoms with Crippen molar-refractivity contribution >= 4 is 0 Å². The van der Waals surface area contributed by atoms with Gasteiger partial charge in [-0.05, 0) is 37.1 Å². The van der Waals surface area contributed by atoms with E-state index < -0.39 is 0 Å². The summed E-state index contributed by atoms with van der Waals surface area (Å²) in [5, 5.41) is 0. The Balaban J connectivity index is 2.49. The number of nitrogens with two attached hydrogens (primary N) is 1. The topological polar surface area (TPSA) is 44.5 Å². The molecule has 0 saturated heterocycles. The molecular weight excluding hydrogens is 166 g/mol. The van der Waals surface area contributed by atoms with E-state index in [1.54, 1.807) is 0 Å². The number of rotatable bonds is 1. The van der Waals surface area contributed by atoms with Crippen LogP contribution in [0.2, 0.25) is 0 Å². The lowest BCUT2D eigenvalue weighted by Crippen LogP contribution is -2.06. The molecule has 0 radical (unpaired) electrons. The van der Waals surface area contributed by atoms with Crippen molar-refractivity contribution in [2.45, 2.75) is 19.9 Å². The van der Waals surface area contributed by atoms with Crippen LogP contribution in [0.1, 0.15) is 24.1 Å². The molecule has 13 heavy (non-hydrogen) atoms. The Hall–Kier alpha value is -1.22. The van der Waals surface area contributed by atoms with Crippen molar-refractivity contribution in [3.05, 3.63) is 23.3 Å². The van der Waals surface area contributed by atoms with Gasteiger partial charge in [-0.15, -0.1) is 0 Å². The van der Waals surface area contributed by atoms with Crippen LogP contribution in [0.15, 0.2) is 12.1 Å². The monoisotopic (exact) mass is 179 g/mol. The van der Waals surface area contributed by atoms with Crippen LogP contribution in [-0.2, 0) is 0 Å². The van der Waals surface area contributed by atoms with Crippen LogP contribution in [0.4, 0.5) is 0 Å². The van der Waals surface area contributed by atoms with E-state index in [2.05, 4.69) is 0 Å². The van der Waals surface area contributed by atoms with Crippen LogP contribution in [0, 0.1) is 6.92 Å². The van der Waals surface area contributed by atoms with Gasteiger partial charge in [0.15, 0.2) is 11.5 Å². The second kappa shape index (κ2) is 2.92. The predicted molar refractivity (Wildman–Crippen MR) is 49.9 cm³/mol. The van der Waals surface area contributed by atoms with Crippen molar-refractivity contribution in [3.8, 4) is 11.5 Å². The van der Waals surface area contributed by atoms with Crippen molar-refractivity contribution < 1.29 is 9.47 Å². The molecular formula is C10H13NO2. The standard InChI is InChI=1S/C10H13NO2/c1-6-3-9-10(13-5-12-9)4-8(6)7(2)11/h3-4,7H,5,11H2,1-2H3. The summed E-state index contributed by atoms with van der Waals surface area (Å²) in [6, 6.07) is 3.97. The maximum atomic E-state index is 5.81. The Morgan fingerprint density at radius 2 is 1.92 bits per heavy atom. The molecule has 0 aromatic heterocycles. The van der Waals surface area contributed by atoms with Gasteiger partial charge in [-0.2, -0.15) is 0 Å². The third-order valence-electron chi connectivity index (χ3n) is 2.25. The zero-order valence-corrected chi connectivity index (χ0v) is 7.83. The highest BCUT2D eigenvalue weighted by molar-refractivity contribution is 5.49. The third-order valence-corrected chi connectivity index (χ3v) is 2.25. The smallest absolute Gasteiger partial charge is 0.231 e. The quantitative estimate of drug-likeness (QED) is 0.714. The van der Waals surface area contributed by atoms with E-state index >= 15 is 0 Å². The van der Waals surface area contributed by atoms with Crippen LogP contribution in [-0.4, -0.2) is 6.79 Å². The molecule has 2 N–H and O–H groups in total.